The zero-order chi connectivity index (χ0) is 19.9. The number of nitrogens with two attached hydrogens (primary N) is 1. The van der Waals surface area contributed by atoms with Crippen molar-refractivity contribution in [2.45, 2.75) is 70.4 Å². The van der Waals surface area contributed by atoms with Crippen LogP contribution in [0.15, 0.2) is 28.8 Å². The first kappa shape index (κ1) is 23.2. The van der Waals surface area contributed by atoms with Gasteiger partial charge in [0.15, 0.2) is 5.96 Å². The number of nitrogens with one attached hydrogen (secondary N) is 1. The van der Waals surface area contributed by atoms with Gasteiger partial charge in [-0.3, -0.25) is 5.41 Å². The average molecular weight is 422 g/mol. The lowest BCUT2D eigenvalue weighted by Crippen LogP contribution is -2.37. The van der Waals surface area contributed by atoms with E-state index in [1.807, 2.05) is 12.1 Å². The fourth-order valence-electron chi connectivity index (χ4n) is 3.75. The molecular weight excluding hydrogens is 390 g/mol. The molecule has 2 atom stereocenters. The number of aryl methyl sites for hydroxylation is 1. The van der Waals surface area contributed by atoms with E-state index >= 15 is 0 Å². The Labute approximate surface area is 178 Å². The third kappa shape index (κ3) is 5.93. The molecule has 2 aromatic rings. The monoisotopic (exact) mass is 421 g/mol. The van der Waals surface area contributed by atoms with Gasteiger partial charge in [-0.2, -0.15) is 4.98 Å². The van der Waals surface area contributed by atoms with Gasteiger partial charge < -0.3 is 20.3 Å². The number of aliphatic hydroxyl groups excluding tert-OH is 1. The Bertz CT molecular complexity index is 765. The molecule has 0 radical (unpaired) electrons. The van der Waals surface area contributed by atoms with Crippen LogP contribution in [0.2, 0.25) is 0 Å². The zero-order valence-electron chi connectivity index (χ0n) is 17.0. The maximum atomic E-state index is 10.2. The van der Waals surface area contributed by atoms with Crippen LogP contribution in [-0.4, -0.2) is 38.8 Å². The van der Waals surface area contributed by atoms with Gasteiger partial charge in [-0.05, 0) is 24.8 Å². The summed E-state index contributed by atoms with van der Waals surface area (Å²) in [6.07, 6.45) is 8.73. The SMILES string of the molecule is CCCCCCCCc1ccc(-c2noc(C3[C@@H](O)CCN3C(=N)N)n2)cc1.Cl. The van der Waals surface area contributed by atoms with E-state index in [-0.39, 0.29) is 18.4 Å². The standard InChI is InChI=1S/C21H31N5O2.ClH/c1-2-3-4-5-6-7-8-15-9-11-16(12-10-15)19-24-20(28-25-19)18-17(27)13-14-26(18)21(22)23;/h9-12,17-18,27H,2-8,13-14H2,1H3,(H3,22,23);1H/t17-,18?;/m0./s1. The number of aliphatic hydroxyl groups is 1. The molecule has 29 heavy (non-hydrogen) atoms. The fourth-order valence-corrected chi connectivity index (χ4v) is 3.75. The van der Waals surface area contributed by atoms with Gasteiger partial charge in [0.05, 0.1) is 6.10 Å². The van der Waals surface area contributed by atoms with Crippen LogP contribution in [-0.2, 0) is 6.42 Å². The summed E-state index contributed by atoms with van der Waals surface area (Å²) in [6.45, 7) is 2.75. The summed E-state index contributed by atoms with van der Waals surface area (Å²) >= 11 is 0. The molecule has 1 unspecified atom stereocenters. The number of halogens is 1. The Hall–Kier alpha value is -2.12. The molecule has 1 aliphatic rings. The predicted octanol–water partition coefficient (Wildman–Crippen LogP) is 4.06. The number of unbranched alkanes of at least 4 members (excludes halogenated alkanes) is 5. The first-order valence-corrected chi connectivity index (χ1v) is 10.3. The predicted molar refractivity (Wildman–Crippen MR) is 116 cm³/mol. The summed E-state index contributed by atoms with van der Waals surface area (Å²) in [5.41, 5.74) is 7.80. The van der Waals surface area contributed by atoms with Crippen LogP contribution in [0.25, 0.3) is 11.4 Å². The van der Waals surface area contributed by atoms with E-state index < -0.39 is 12.1 Å². The molecule has 1 aliphatic heterocycles. The Kier molecular flexibility index (Phi) is 8.92. The number of nitrogens with zero attached hydrogens (tertiary/aromatic N) is 3. The molecule has 2 heterocycles. The van der Waals surface area contributed by atoms with E-state index in [4.69, 9.17) is 15.7 Å². The zero-order valence-corrected chi connectivity index (χ0v) is 17.8. The van der Waals surface area contributed by atoms with Gasteiger partial charge in [0, 0.05) is 12.1 Å². The molecule has 1 aromatic carbocycles. The van der Waals surface area contributed by atoms with E-state index in [2.05, 4.69) is 29.2 Å². The Balaban J connectivity index is 0.00000300. The van der Waals surface area contributed by atoms with Crippen LogP contribution in [0, 0.1) is 5.41 Å². The van der Waals surface area contributed by atoms with Gasteiger partial charge in [-0.25, -0.2) is 0 Å². The highest BCUT2D eigenvalue weighted by atomic mass is 35.5. The number of guanidine groups is 1. The largest absolute Gasteiger partial charge is 0.390 e. The second-order valence-electron chi connectivity index (χ2n) is 7.55. The van der Waals surface area contributed by atoms with Gasteiger partial charge in [-0.1, -0.05) is 68.4 Å². The molecular formula is C21H32ClN5O2. The summed E-state index contributed by atoms with van der Waals surface area (Å²) in [6, 6.07) is 7.70. The first-order chi connectivity index (χ1) is 13.6. The van der Waals surface area contributed by atoms with Gasteiger partial charge in [0.25, 0.3) is 5.89 Å². The summed E-state index contributed by atoms with van der Waals surface area (Å²) in [4.78, 5) is 6.04. The number of hydrogen-bond donors (Lipinski definition) is 3. The quantitative estimate of drug-likeness (QED) is 0.319. The Morgan fingerprint density at radius 2 is 1.90 bits per heavy atom. The van der Waals surface area contributed by atoms with Crippen molar-refractivity contribution in [3.63, 3.8) is 0 Å². The second kappa shape index (κ2) is 11.2. The lowest BCUT2D eigenvalue weighted by molar-refractivity contribution is 0.118. The Morgan fingerprint density at radius 1 is 1.21 bits per heavy atom. The normalized spacial score (nSPS) is 18.6. The average Bonchev–Trinajstić information content (AvgIpc) is 3.31. The van der Waals surface area contributed by atoms with Crippen LogP contribution in [0.1, 0.15) is 69.4 Å². The van der Waals surface area contributed by atoms with Crippen LogP contribution >= 0.6 is 12.4 Å². The van der Waals surface area contributed by atoms with Crippen molar-refractivity contribution in [3.8, 4) is 11.4 Å². The van der Waals surface area contributed by atoms with Gasteiger partial charge in [0.1, 0.15) is 6.04 Å². The van der Waals surface area contributed by atoms with Crippen LogP contribution in [0.3, 0.4) is 0 Å². The molecule has 8 heteroatoms. The molecule has 1 saturated heterocycles. The summed E-state index contributed by atoms with van der Waals surface area (Å²) < 4.78 is 5.38. The van der Waals surface area contributed by atoms with E-state index in [9.17, 15) is 5.11 Å². The summed E-state index contributed by atoms with van der Waals surface area (Å²) in [5, 5.41) is 21.9. The third-order valence-corrected chi connectivity index (χ3v) is 5.40. The molecule has 0 amide bonds. The van der Waals surface area contributed by atoms with E-state index in [1.54, 1.807) is 4.90 Å². The molecule has 1 fully saturated rings. The molecule has 0 aliphatic carbocycles. The van der Waals surface area contributed by atoms with Crippen molar-refractivity contribution in [1.82, 2.24) is 15.0 Å². The molecule has 3 rings (SSSR count). The maximum Gasteiger partial charge on any atom is 0.252 e. The minimum atomic E-state index is -0.670. The number of aromatic nitrogens is 2. The van der Waals surface area contributed by atoms with Crippen molar-refractivity contribution in [1.29, 1.82) is 5.41 Å². The lowest BCUT2D eigenvalue weighted by atomic mass is 10.0. The molecule has 0 saturated carbocycles. The van der Waals surface area contributed by atoms with E-state index in [1.165, 1.54) is 44.1 Å². The highest BCUT2D eigenvalue weighted by Crippen LogP contribution is 2.32. The topological polar surface area (TPSA) is 112 Å². The van der Waals surface area contributed by atoms with E-state index in [0.29, 0.717) is 24.7 Å². The van der Waals surface area contributed by atoms with Gasteiger partial charge in [0.2, 0.25) is 5.82 Å². The highest BCUT2D eigenvalue weighted by molar-refractivity contribution is 5.85. The molecule has 7 nitrogen and oxygen atoms in total. The minimum Gasteiger partial charge on any atom is -0.390 e. The van der Waals surface area contributed by atoms with Gasteiger partial charge >= 0.3 is 0 Å². The van der Waals surface area contributed by atoms with Crippen molar-refractivity contribution in [2.24, 2.45) is 5.73 Å². The molecule has 160 valence electrons. The van der Waals surface area contributed by atoms with Crippen molar-refractivity contribution in [2.75, 3.05) is 6.54 Å². The smallest absolute Gasteiger partial charge is 0.252 e. The highest BCUT2D eigenvalue weighted by Gasteiger charge is 2.39. The second-order valence-corrected chi connectivity index (χ2v) is 7.55. The van der Waals surface area contributed by atoms with Crippen LogP contribution < -0.4 is 5.73 Å². The van der Waals surface area contributed by atoms with Crippen molar-refractivity contribution in [3.05, 3.63) is 35.7 Å². The maximum absolute atomic E-state index is 10.2. The number of benzene rings is 1. The number of rotatable bonds is 9. The molecule has 4 N–H and O–H groups in total. The molecule has 1 aromatic heterocycles. The Morgan fingerprint density at radius 3 is 2.59 bits per heavy atom. The first-order valence-electron chi connectivity index (χ1n) is 10.3. The fraction of sp³-hybridized carbons (Fsp3) is 0.571. The number of hydrogen-bond acceptors (Lipinski definition) is 5. The van der Waals surface area contributed by atoms with Crippen LogP contribution in [0.5, 0.6) is 0 Å². The third-order valence-electron chi connectivity index (χ3n) is 5.40. The van der Waals surface area contributed by atoms with Gasteiger partial charge in [-0.15, -0.1) is 12.4 Å². The van der Waals surface area contributed by atoms with Crippen LogP contribution in [0.4, 0.5) is 0 Å². The molecule has 0 spiro atoms. The molecule has 0 bridgehead atoms. The lowest BCUT2D eigenvalue weighted by Gasteiger charge is -2.22. The summed E-state index contributed by atoms with van der Waals surface area (Å²) in [5.74, 6) is 0.690. The van der Waals surface area contributed by atoms with Crippen molar-refractivity contribution >= 4 is 18.4 Å². The van der Waals surface area contributed by atoms with E-state index in [0.717, 1.165) is 12.0 Å². The summed E-state index contributed by atoms with van der Waals surface area (Å²) in [7, 11) is 0. The minimum absolute atomic E-state index is 0. The van der Waals surface area contributed by atoms with Crippen molar-refractivity contribution < 1.29 is 9.63 Å². The number of likely N-dealkylation sites (tertiary alicyclic amines) is 1.